The topological polar surface area (TPSA) is 58.6 Å². The number of rotatable bonds is 3. The first-order valence-corrected chi connectivity index (χ1v) is 4.83. The number of amides is 1. The monoisotopic (exact) mass is 187 g/mol. The highest BCUT2D eigenvalue weighted by Gasteiger charge is 2.20. The second-order valence-electron chi connectivity index (χ2n) is 3.51. The van der Waals surface area contributed by atoms with E-state index in [-0.39, 0.29) is 6.10 Å². The Balaban J connectivity index is 2.25. The Morgan fingerprint density at radius 2 is 2.08 bits per heavy atom. The normalized spacial score (nSPS) is 21.1. The SMILES string of the molecule is CC(OC1CCCCC1)C(=O)NO. The average Bonchev–Trinajstić information content (AvgIpc) is 2.18. The summed E-state index contributed by atoms with van der Waals surface area (Å²) in [7, 11) is 0. The highest BCUT2D eigenvalue weighted by atomic mass is 16.5. The van der Waals surface area contributed by atoms with E-state index in [4.69, 9.17) is 9.94 Å². The van der Waals surface area contributed by atoms with E-state index >= 15 is 0 Å². The van der Waals surface area contributed by atoms with Crippen LogP contribution in [0.15, 0.2) is 0 Å². The van der Waals surface area contributed by atoms with Crippen molar-refractivity contribution in [2.75, 3.05) is 0 Å². The van der Waals surface area contributed by atoms with E-state index in [0.29, 0.717) is 0 Å². The average molecular weight is 187 g/mol. The highest BCUT2D eigenvalue weighted by Crippen LogP contribution is 2.21. The maximum Gasteiger partial charge on any atom is 0.272 e. The maximum atomic E-state index is 10.9. The van der Waals surface area contributed by atoms with Crippen LogP contribution in [0, 0.1) is 0 Å². The number of hydroxylamine groups is 1. The van der Waals surface area contributed by atoms with Gasteiger partial charge in [0.15, 0.2) is 0 Å². The molecule has 0 heterocycles. The third-order valence-electron chi connectivity index (χ3n) is 2.43. The van der Waals surface area contributed by atoms with Gasteiger partial charge in [0, 0.05) is 0 Å². The van der Waals surface area contributed by atoms with Crippen LogP contribution in [0.25, 0.3) is 0 Å². The molecule has 1 rings (SSSR count). The number of hydrogen-bond donors (Lipinski definition) is 2. The molecule has 4 nitrogen and oxygen atoms in total. The molecule has 1 unspecified atom stereocenters. The van der Waals surface area contributed by atoms with E-state index in [9.17, 15) is 4.79 Å². The molecule has 2 N–H and O–H groups in total. The summed E-state index contributed by atoms with van der Waals surface area (Å²) >= 11 is 0. The van der Waals surface area contributed by atoms with Crippen molar-refractivity contribution < 1.29 is 14.7 Å². The molecule has 1 atom stereocenters. The molecule has 1 amide bonds. The van der Waals surface area contributed by atoms with Crippen molar-refractivity contribution in [3.05, 3.63) is 0 Å². The smallest absolute Gasteiger partial charge is 0.272 e. The molecular formula is C9H17NO3. The third-order valence-corrected chi connectivity index (χ3v) is 2.43. The lowest BCUT2D eigenvalue weighted by Gasteiger charge is -2.24. The first kappa shape index (κ1) is 10.5. The summed E-state index contributed by atoms with van der Waals surface area (Å²) in [6.07, 6.45) is 5.33. The number of ether oxygens (including phenoxy) is 1. The van der Waals surface area contributed by atoms with Gasteiger partial charge < -0.3 is 4.74 Å². The third kappa shape index (κ3) is 3.32. The summed E-state index contributed by atoms with van der Waals surface area (Å²) in [5.74, 6) is -0.467. The lowest BCUT2D eigenvalue weighted by atomic mass is 9.98. The fraction of sp³-hybridized carbons (Fsp3) is 0.889. The standard InChI is InChI=1S/C9H17NO3/c1-7(9(11)10-12)13-8-5-3-2-4-6-8/h7-8,12H,2-6H2,1H3,(H,10,11). The van der Waals surface area contributed by atoms with Gasteiger partial charge in [-0.1, -0.05) is 19.3 Å². The summed E-state index contributed by atoms with van der Waals surface area (Å²) in [6.45, 7) is 1.65. The van der Waals surface area contributed by atoms with Crippen LogP contribution in [0.1, 0.15) is 39.0 Å². The van der Waals surface area contributed by atoms with Crippen LogP contribution in [-0.2, 0) is 9.53 Å². The minimum absolute atomic E-state index is 0.195. The van der Waals surface area contributed by atoms with Gasteiger partial charge in [-0.2, -0.15) is 0 Å². The lowest BCUT2D eigenvalue weighted by molar-refractivity contribution is -0.144. The van der Waals surface area contributed by atoms with Crippen LogP contribution in [0.5, 0.6) is 0 Å². The summed E-state index contributed by atoms with van der Waals surface area (Å²) in [4.78, 5) is 10.9. The first-order chi connectivity index (χ1) is 6.24. The van der Waals surface area contributed by atoms with Gasteiger partial charge >= 0.3 is 0 Å². The molecule has 13 heavy (non-hydrogen) atoms. The van der Waals surface area contributed by atoms with Gasteiger partial charge in [0.05, 0.1) is 6.10 Å². The Hall–Kier alpha value is -0.610. The molecule has 1 fully saturated rings. The van der Waals surface area contributed by atoms with E-state index in [0.717, 1.165) is 12.8 Å². The van der Waals surface area contributed by atoms with Crippen molar-refractivity contribution in [3.63, 3.8) is 0 Å². The Morgan fingerprint density at radius 1 is 1.46 bits per heavy atom. The molecule has 0 radical (unpaired) electrons. The summed E-state index contributed by atoms with van der Waals surface area (Å²) in [5.41, 5.74) is 1.59. The van der Waals surface area contributed by atoms with E-state index in [1.807, 2.05) is 0 Å². The fourth-order valence-corrected chi connectivity index (χ4v) is 1.64. The molecule has 0 spiro atoms. The molecule has 1 aliphatic carbocycles. The molecule has 4 heteroatoms. The fourth-order valence-electron chi connectivity index (χ4n) is 1.64. The Morgan fingerprint density at radius 3 is 2.62 bits per heavy atom. The molecule has 0 aromatic carbocycles. The number of hydrogen-bond acceptors (Lipinski definition) is 3. The second kappa shape index (κ2) is 5.19. The highest BCUT2D eigenvalue weighted by molar-refractivity contribution is 5.79. The Kier molecular flexibility index (Phi) is 4.18. The number of carbonyl (C=O) groups is 1. The van der Waals surface area contributed by atoms with Crippen molar-refractivity contribution >= 4 is 5.91 Å². The van der Waals surface area contributed by atoms with E-state index in [1.165, 1.54) is 19.3 Å². The van der Waals surface area contributed by atoms with E-state index < -0.39 is 12.0 Å². The predicted molar refractivity (Wildman–Crippen MR) is 47.3 cm³/mol. The molecular weight excluding hydrogens is 170 g/mol. The summed E-state index contributed by atoms with van der Waals surface area (Å²) in [5, 5.41) is 8.36. The molecule has 76 valence electrons. The van der Waals surface area contributed by atoms with Crippen molar-refractivity contribution in [2.24, 2.45) is 0 Å². The molecule has 0 aromatic heterocycles. The van der Waals surface area contributed by atoms with Gasteiger partial charge in [-0.3, -0.25) is 10.0 Å². The summed E-state index contributed by atoms with van der Waals surface area (Å²) < 4.78 is 5.47. The van der Waals surface area contributed by atoms with Crippen LogP contribution in [0.2, 0.25) is 0 Å². The van der Waals surface area contributed by atoms with Crippen molar-refractivity contribution in [2.45, 2.75) is 51.2 Å². The minimum atomic E-state index is -0.548. The molecule has 1 aliphatic rings. The zero-order valence-electron chi connectivity index (χ0n) is 7.95. The van der Waals surface area contributed by atoms with Gasteiger partial charge in [-0.25, -0.2) is 5.48 Å². The van der Waals surface area contributed by atoms with Crippen LogP contribution < -0.4 is 5.48 Å². The summed E-state index contributed by atoms with van der Waals surface area (Å²) in [6, 6.07) is 0. The maximum absolute atomic E-state index is 10.9. The van der Waals surface area contributed by atoms with E-state index in [2.05, 4.69) is 0 Å². The molecule has 0 bridgehead atoms. The lowest BCUT2D eigenvalue weighted by Crippen LogP contribution is -2.35. The van der Waals surface area contributed by atoms with Gasteiger partial charge in [0.25, 0.3) is 5.91 Å². The number of nitrogens with one attached hydrogen (secondary N) is 1. The molecule has 1 saturated carbocycles. The van der Waals surface area contributed by atoms with Crippen LogP contribution in [0.3, 0.4) is 0 Å². The molecule has 0 saturated heterocycles. The second-order valence-corrected chi connectivity index (χ2v) is 3.51. The largest absolute Gasteiger partial charge is 0.365 e. The predicted octanol–water partition coefficient (Wildman–Crippen LogP) is 1.23. The van der Waals surface area contributed by atoms with Crippen molar-refractivity contribution in [1.82, 2.24) is 5.48 Å². The van der Waals surface area contributed by atoms with Crippen molar-refractivity contribution in [1.29, 1.82) is 0 Å². The molecule has 0 aromatic rings. The zero-order chi connectivity index (χ0) is 9.68. The first-order valence-electron chi connectivity index (χ1n) is 4.83. The van der Waals surface area contributed by atoms with Crippen LogP contribution in [0.4, 0.5) is 0 Å². The van der Waals surface area contributed by atoms with Crippen molar-refractivity contribution in [3.8, 4) is 0 Å². The Labute approximate surface area is 78.2 Å². The van der Waals surface area contributed by atoms with E-state index in [1.54, 1.807) is 12.4 Å². The van der Waals surface area contributed by atoms with Gasteiger partial charge in [-0.15, -0.1) is 0 Å². The Bertz CT molecular complexity index is 166. The van der Waals surface area contributed by atoms with Gasteiger partial charge in [0.1, 0.15) is 6.10 Å². The van der Waals surface area contributed by atoms with Gasteiger partial charge in [-0.05, 0) is 19.8 Å². The molecule has 0 aliphatic heterocycles. The quantitative estimate of drug-likeness (QED) is 0.516. The number of carbonyl (C=O) groups excluding carboxylic acids is 1. The van der Waals surface area contributed by atoms with Crippen LogP contribution in [-0.4, -0.2) is 23.3 Å². The van der Waals surface area contributed by atoms with Gasteiger partial charge in [0.2, 0.25) is 0 Å². The zero-order valence-corrected chi connectivity index (χ0v) is 7.95. The minimum Gasteiger partial charge on any atom is -0.365 e. The van der Waals surface area contributed by atoms with Crippen LogP contribution >= 0.6 is 0 Å².